The topological polar surface area (TPSA) is 98.8 Å². The van der Waals surface area contributed by atoms with Crippen LogP contribution in [0.25, 0.3) is 0 Å². The van der Waals surface area contributed by atoms with Crippen molar-refractivity contribution in [3.8, 4) is 12.1 Å². The van der Waals surface area contributed by atoms with Crippen LogP contribution in [-0.2, 0) is 14.6 Å². The summed E-state index contributed by atoms with van der Waals surface area (Å²) in [4.78, 5) is 11.2. The van der Waals surface area contributed by atoms with Crippen molar-refractivity contribution in [2.24, 2.45) is 5.41 Å². The summed E-state index contributed by atoms with van der Waals surface area (Å²) >= 11 is 0. The van der Waals surface area contributed by atoms with Gasteiger partial charge in [0.05, 0.1) is 12.1 Å². The molecule has 0 spiro atoms. The normalized spacial score (nSPS) is 12.9. The Kier molecular flexibility index (Phi) is 5.84. The number of carbonyl (C=O) groups excluding carboxylic acids is 1. The lowest BCUT2D eigenvalue weighted by Gasteiger charge is -2.28. The van der Waals surface area contributed by atoms with Gasteiger partial charge in [-0.05, 0) is 18.9 Å². The Hall–Kier alpha value is -2.18. The summed E-state index contributed by atoms with van der Waals surface area (Å²) in [5.41, 5.74) is -1.38. The van der Waals surface area contributed by atoms with Crippen LogP contribution in [0.5, 0.6) is 0 Å². The summed E-state index contributed by atoms with van der Waals surface area (Å²) in [6.45, 7) is 2.83. The minimum atomic E-state index is -3.70. The largest absolute Gasteiger partial charge is 0.300 e. The van der Waals surface area contributed by atoms with E-state index in [9.17, 15) is 23.7 Å². The van der Waals surface area contributed by atoms with Crippen LogP contribution in [0.1, 0.15) is 37.5 Å². The molecule has 1 rings (SSSR count). The van der Waals surface area contributed by atoms with Gasteiger partial charge in [0.1, 0.15) is 11.0 Å². The van der Waals surface area contributed by atoms with Crippen molar-refractivity contribution >= 4 is 15.6 Å². The smallest absolute Gasteiger partial charge is 0.164 e. The molecule has 0 saturated carbocycles. The minimum absolute atomic E-state index is 0.0102. The van der Waals surface area contributed by atoms with Gasteiger partial charge in [-0.25, -0.2) is 8.42 Å². The van der Waals surface area contributed by atoms with E-state index in [-0.39, 0.29) is 24.4 Å². The van der Waals surface area contributed by atoms with Gasteiger partial charge in [0.2, 0.25) is 0 Å². The van der Waals surface area contributed by atoms with Gasteiger partial charge in [0.25, 0.3) is 0 Å². The number of hydrogen-bond donors (Lipinski definition) is 0. The van der Waals surface area contributed by atoms with Crippen molar-refractivity contribution < 1.29 is 13.2 Å². The lowest BCUT2D eigenvalue weighted by molar-refractivity contribution is -0.117. The van der Waals surface area contributed by atoms with Gasteiger partial charge in [-0.2, -0.15) is 10.5 Å². The molecule has 1 aromatic rings. The predicted molar refractivity (Wildman–Crippen MR) is 82.2 cm³/mol. The lowest BCUT2D eigenvalue weighted by Crippen LogP contribution is -2.33. The van der Waals surface area contributed by atoms with Crippen LogP contribution in [0.2, 0.25) is 0 Å². The summed E-state index contributed by atoms with van der Waals surface area (Å²) in [6.07, 6.45) is -0.113. The summed E-state index contributed by atoms with van der Waals surface area (Å²) in [6, 6.07) is 12.0. The second kappa shape index (κ2) is 7.20. The predicted octanol–water partition coefficient (Wildman–Crippen LogP) is 2.57. The molecule has 6 heteroatoms. The zero-order valence-corrected chi connectivity index (χ0v) is 13.4. The number of ketones is 1. The molecule has 116 valence electrons. The van der Waals surface area contributed by atoms with E-state index >= 15 is 0 Å². The second-order valence-corrected chi connectivity index (χ2v) is 7.51. The van der Waals surface area contributed by atoms with E-state index in [4.69, 9.17) is 0 Å². The minimum Gasteiger partial charge on any atom is -0.300 e. The number of nitrogens with zero attached hydrogens (tertiary/aromatic N) is 2. The maximum Gasteiger partial charge on any atom is 0.164 e. The molecule has 0 heterocycles. The highest BCUT2D eigenvalue weighted by Crippen LogP contribution is 2.43. The molecule has 0 radical (unpaired) electrons. The SMILES string of the molecule is CCS(=O)(=O)C(c1ccccc1)C(C#N)(C#N)CCC(C)=O. The highest BCUT2D eigenvalue weighted by atomic mass is 32.2. The molecule has 0 saturated heterocycles. The molecule has 22 heavy (non-hydrogen) atoms. The van der Waals surface area contributed by atoms with Crippen molar-refractivity contribution in [2.75, 3.05) is 5.75 Å². The van der Waals surface area contributed by atoms with Gasteiger partial charge in [-0.15, -0.1) is 0 Å². The Labute approximate surface area is 131 Å². The zero-order chi connectivity index (χ0) is 16.8. The molecule has 1 unspecified atom stereocenters. The zero-order valence-electron chi connectivity index (χ0n) is 12.6. The summed E-state index contributed by atoms with van der Waals surface area (Å²) in [5.74, 6) is -0.367. The second-order valence-electron chi connectivity index (χ2n) is 5.14. The Morgan fingerprint density at radius 2 is 1.77 bits per heavy atom. The van der Waals surface area contributed by atoms with Crippen LogP contribution >= 0.6 is 0 Å². The van der Waals surface area contributed by atoms with Crippen molar-refractivity contribution in [1.82, 2.24) is 0 Å². The summed E-state index contributed by atoms with van der Waals surface area (Å²) in [5, 5.41) is 17.8. The first-order chi connectivity index (χ1) is 10.3. The van der Waals surface area contributed by atoms with E-state index in [1.807, 2.05) is 12.1 Å². The van der Waals surface area contributed by atoms with E-state index in [2.05, 4.69) is 0 Å². The molecular weight excluding hydrogens is 300 g/mol. The van der Waals surface area contributed by atoms with Crippen LogP contribution in [0.15, 0.2) is 30.3 Å². The van der Waals surface area contributed by atoms with Gasteiger partial charge in [-0.3, -0.25) is 0 Å². The third-order valence-corrected chi connectivity index (χ3v) is 5.78. The van der Waals surface area contributed by atoms with Crippen LogP contribution in [0.3, 0.4) is 0 Å². The standard InChI is InChI=1S/C16H18N2O3S/c1-3-22(20,21)15(14-7-5-4-6-8-14)16(11-17,12-18)10-9-13(2)19/h4-8,15H,3,9-10H2,1-2H3. The molecule has 5 nitrogen and oxygen atoms in total. The number of benzene rings is 1. The number of nitriles is 2. The van der Waals surface area contributed by atoms with Crippen LogP contribution < -0.4 is 0 Å². The average molecular weight is 318 g/mol. The molecule has 0 fully saturated rings. The average Bonchev–Trinajstić information content (AvgIpc) is 2.52. The van der Waals surface area contributed by atoms with E-state index in [1.54, 1.807) is 30.3 Å². The molecule has 0 bridgehead atoms. The molecule has 0 N–H and O–H groups in total. The van der Waals surface area contributed by atoms with Crippen molar-refractivity contribution in [2.45, 2.75) is 31.9 Å². The molecule has 0 amide bonds. The first-order valence-electron chi connectivity index (χ1n) is 6.91. The number of carbonyl (C=O) groups is 1. The summed E-state index contributed by atoms with van der Waals surface area (Å²) in [7, 11) is -3.70. The fourth-order valence-corrected chi connectivity index (χ4v) is 4.09. The van der Waals surface area contributed by atoms with Gasteiger partial charge >= 0.3 is 0 Å². The van der Waals surface area contributed by atoms with E-state index < -0.39 is 20.5 Å². The Balaban J connectivity index is 3.51. The highest BCUT2D eigenvalue weighted by molar-refractivity contribution is 7.91. The number of hydrogen-bond acceptors (Lipinski definition) is 5. The Bertz CT molecular complexity index is 698. The number of Topliss-reactive ketones (excluding diaryl/α,β-unsaturated/α-hetero) is 1. The Morgan fingerprint density at radius 1 is 1.23 bits per heavy atom. The number of sulfone groups is 1. The first kappa shape index (κ1) is 17.9. The molecule has 1 aromatic carbocycles. The van der Waals surface area contributed by atoms with Gasteiger partial charge in [-0.1, -0.05) is 37.3 Å². The van der Waals surface area contributed by atoms with Crippen molar-refractivity contribution in [3.05, 3.63) is 35.9 Å². The van der Waals surface area contributed by atoms with E-state index in [0.29, 0.717) is 5.56 Å². The van der Waals surface area contributed by atoms with Crippen molar-refractivity contribution in [1.29, 1.82) is 10.5 Å². The summed E-state index contributed by atoms with van der Waals surface area (Å²) < 4.78 is 25.0. The highest BCUT2D eigenvalue weighted by Gasteiger charge is 2.47. The third-order valence-electron chi connectivity index (χ3n) is 3.58. The fraction of sp³-hybridized carbons (Fsp3) is 0.438. The van der Waals surface area contributed by atoms with Crippen molar-refractivity contribution in [3.63, 3.8) is 0 Å². The lowest BCUT2D eigenvalue weighted by atomic mass is 9.79. The maximum atomic E-state index is 12.5. The third kappa shape index (κ3) is 3.72. The monoisotopic (exact) mass is 318 g/mol. The first-order valence-corrected chi connectivity index (χ1v) is 8.63. The van der Waals surface area contributed by atoms with Crippen LogP contribution in [0.4, 0.5) is 0 Å². The fourth-order valence-electron chi connectivity index (χ4n) is 2.35. The van der Waals surface area contributed by atoms with Gasteiger partial charge in [0.15, 0.2) is 15.3 Å². The van der Waals surface area contributed by atoms with E-state index in [1.165, 1.54) is 13.8 Å². The molecule has 1 atom stereocenters. The van der Waals surface area contributed by atoms with Gasteiger partial charge < -0.3 is 4.79 Å². The van der Waals surface area contributed by atoms with Crippen LogP contribution in [0, 0.1) is 28.1 Å². The van der Waals surface area contributed by atoms with E-state index in [0.717, 1.165) is 0 Å². The maximum absolute atomic E-state index is 12.5. The molecule has 0 aromatic heterocycles. The Morgan fingerprint density at radius 3 is 2.18 bits per heavy atom. The molecule has 0 aliphatic rings. The molecule has 0 aliphatic heterocycles. The molecule has 0 aliphatic carbocycles. The quantitative estimate of drug-likeness (QED) is 0.769. The van der Waals surface area contributed by atoms with Crippen LogP contribution in [-0.4, -0.2) is 20.0 Å². The molecular formula is C16H18N2O3S. The van der Waals surface area contributed by atoms with Gasteiger partial charge in [0, 0.05) is 12.2 Å². The number of rotatable bonds is 7.